The van der Waals surface area contributed by atoms with Gasteiger partial charge in [-0.2, -0.15) is 5.10 Å². The second-order valence-corrected chi connectivity index (χ2v) is 3.50. The number of benzene rings is 1. The monoisotopic (exact) mass is 211 g/mol. The molecule has 0 radical (unpaired) electrons. The molecule has 3 aromatic rings. The zero-order chi connectivity index (χ0) is 11.0. The Balaban J connectivity index is 2.23. The molecule has 3 rings (SSSR count). The van der Waals surface area contributed by atoms with E-state index in [9.17, 15) is 5.11 Å². The third kappa shape index (κ3) is 1.32. The third-order valence-electron chi connectivity index (χ3n) is 2.44. The molecule has 0 amide bonds. The van der Waals surface area contributed by atoms with Crippen molar-refractivity contribution in [3.05, 3.63) is 48.9 Å². The summed E-state index contributed by atoms with van der Waals surface area (Å²) in [5, 5.41) is 15.0. The molecule has 2 aromatic heterocycles. The van der Waals surface area contributed by atoms with E-state index in [1.54, 1.807) is 29.2 Å². The van der Waals surface area contributed by atoms with Crippen molar-refractivity contribution in [2.45, 2.75) is 0 Å². The van der Waals surface area contributed by atoms with Gasteiger partial charge in [-0.3, -0.25) is 4.98 Å². The molecule has 2 heterocycles. The van der Waals surface area contributed by atoms with Crippen LogP contribution >= 0.6 is 0 Å². The van der Waals surface area contributed by atoms with Crippen molar-refractivity contribution in [1.82, 2.24) is 14.8 Å². The van der Waals surface area contributed by atoms with Crippen molar-refractivity contribution in [3.63, 3.8) is 0 Å². The summed E-state index contributed by atoms with van der Waals surface area (Å²) in [6, 6.07) is 8.98. The fourth-order valence-electron chi connectivity index (χ4n) is 1.65. The summed E-state index contributed by atoms with van der Waals surface area (Å²) in [6.07, 6.45) is 5.29. The van der Waals surface area contributed by atoms with Gasteiger partial charge in [-0.25, -0.2) is 4.68 Å². The molecule has 1 N–H and O–H groups in total. The van der Waals surface area contributed by atoms with Gasteiger partial charge in [0.15, 0.2) is 0 Å². The van der Waals surface area contributed by atoms with E-state index >= 15 is 0 Å². The normalized spacial score (nSPS) is 10.8. The second-order valence-electron chi connectivity index (χ2n) is 3.50. The minimum atomic E-state index is 0.211. The van der Waals surface area contributed by atoms with Gasteiger partial charge in [-0.1, -0.05) is 12.1 Å². The van der Waals surface area contributed by atoms with Gasteiger partial charge >= 0.3 is 0 Å². The number of fused-ring (bicyclic) bond motifs is 1. The lowest BCUT2D eigenvalue weighted by Gasteiger charge is -2.02. The van der Waals surface area contributed by atoms with Crippen LogP contribution in [-0.4, -0.2) is 19.9 Å². The first-order valence-corrected chi connectivity index (χ1v) is 4.92. The van der Waals surface area contributed by atoms with Gasteiger partial charge in [0.2, 0.25) is 0 Å². The Morgan fingerprint density at radius 1 is 1.12 bits per heavy atom. The maximum Gasteiger partial charge on any atom is 0.141 e. The van der Waals surface area contributed by atoms with Crippen molar-refractivity contribution < 1.29 is 5.11 Å². The van der Waals surface area contributed by atoms with E-state index in [0.29, 0.717) is 5.69 Å². The van der Waals surface area contributed by atoms with Gasteiger partial charge in [0.1, 0.15) is 17.0 Å². The molecule has 1 aromatic carbocycles. The number of hydrogen-bond acceptors (Lipinski definition) is 3. The van der Waals surface area contributed by atoms with E-state index in [2.05, 4.69) is 10.1 Å². The summed E-state index contributed by atoms with van der Waals surface area (Å²) in [5.74, 6) is 0.211. The van der Waals surface area contributed by atoms with Crippen LogP contribution in [0.2, 0.25) is 0 Å². The number of phenols is 1. The Hall–Kier alpha value is -2.36. The molecule has 4 heteroatoms. The fraction of sp³-hybridized carbons (Fsp3) is 0. The molecule has 0 spiro atoms. The van der Waals surface area contributed by atoms with Crippen LogP contribution in [0.15, 0.2) is 48.9 Å². The Kier molecular flexibility index (Phi) is 1.86. The second kappa shape index (κ2) is 3.34. The fourth-order valence-corrected chi connectivity index (χ4v) is 1.65. The molecule has 0 saturated carbocycles. The highest BCUT2D eigenvalue weighted by molar-refractivity contribution is 5.77. The summed E-state index contributed by atoms with van der Waals surface area (Å²) >= 11 is 0. The average molecular weight is 211 g/mol. The average Bonchev–Trinajstić information content (AvgIpc) is 2.73. The molecule has 0 aliphatic heterocycles. The first-order valence-electron chi connectivity index (χ1n) is 4.92. The first kappa shape index (κ1) is 8.91. The van der Waals surface area contributed by atoms with E-state index in [1.165, 1.54) is 0 Å². The minimum absolute atomic E-state index is 0.211. The van der Waals surface area contributed by atoms with Crippen LogP contribution in [0.5, 0.6) is 5.75 Å². The molecule has 0 bridgehead atoms. The van der Waals surface area contributed by atoms with Gasteiger partial charge in [0.25, 0.3) is 0 Å². The zero-order valence-corrected chi connectivity index (χ0v) is 8.41. The van der Waals surface area contributed by atoms with Crippen LogP contribution in [0.1, 0.15) is 0 Å². The summed E-state index contributed by atoms with van der Waals surface area (Å²) in [5.41, 5.74) is 1.48. The molecular formula is C12H9N3O. The Bertz CT molecular complexity index is 612. The highest BCUT2D eigenvalue weighted by atomic mass is 16.3. The number of nitrogens with zero attached hydrogens (tertiary/aromatic N) is 3. The highest BCUT2D eigenvalue weighted by Crippen LogP contribution is 2.21. The van der Waals surface area contributed by atoms with Gasteiger partial charge in [-0.05, 0) is 18.2 Å². The number of para-hydroxylation sites is 2. The van der Waals surface area contributed by atoms with Crippen molar-refractivity contribution >= 4 is 10.9 Å². The lowest BCUT2D eigenvalue weighted by Crippen LogP contribution is -1.93. The van der Waals surface area contributed by atoms with E-state index in [0.717, 1.165) is 10.9 Å². The van der Waals surface area contributed by atoms with Crippen molar-refractivity contribution in [3.8, 4) is 11.4 Å². The molecule has 78 valence electrons. The standard InChI is InChI=1S/C12H9N3O/c16-12-4-2-1-3-11(12)15-8-9-5-6-13-7-10(9)14-15/h1-8,16H. The molecule has 0 unspecified atom stereocenters. The van der Waals surface area contributed by atoms with Gasteiger partial charge < -0.3 is 5.11 Å². The maximum absolute atomic E-state index is 9.71. The molecule has 4 nitrogen and oxygen atoms in total. The Labute approximate surface area is 91.8 Å². The zero-order valence-electron chi connectivity index (χ0n) is 8.41. The molecule has 0 atom stereocenters. The van der Waals surface area contributed by atoms with Gasteiger partial charge in [-0.15, -0.1) is 0 Å². The van der Waals surface area contributed by atoms with E-state index < -0.39 is 0 Å². The largest absolute Gasteiger partial charge is 0.506 e. The summed E-state index contributed by atoms with van der Waals surface area (Å²) in [4.78, 5) is 4.00. The number of aromatic hydroxyl groups is 1. The van der Waals surface area contributed by atoms with Crippen molar-refractivity contribution in [1.29, 1.82) is 0 Å². The summed E-state index contributed by atoms with van der Waals surface area (Å²) in [6.45, 7) is 0. The number of phenolic OH excluding ortho intramolecular Hbond substituents is 1. The number of rotatable bonds is 1. The quantitative estimate of drug-likeness (QED) is 0.670. The molecular weight excluding hydrogens is 202 g/mol. The minimum Gasteiger partial charge on any atom is -0.506 e. The molecule has 0 aliphatic rings. The number of hydrogen-bond donors (Lipinski definition) is 1. The molecule has 0 aliphatic carbocycles. The molecule has 0 fully saturated rings. The summed E-state index contributed by atoms with van der Waals surface area (Å²) < 4.78 is 1.65. The highest BCUT2D eigenvalue weighted by Gasteiger charge is 2.05. The van der Waals surface area contributed by atoms with Crippen LogP contribution in [-0.2, 0) is 0 Å². The lowest BCUT2D eigenvalue weighted by molar-refractivity contribution is 0.470. The van der Waals surface area contributed by atoms with Crippen LogP contribution in [0, 0.1) is 0 Å². The topological polar surface area (TPSA) is 50.9 Å². The van der Waals surface area contributed by atoms with E-state index in [1.807, 2.05) is 24.4 Å². The van der Waals surface area contributed by atoms with E-state index in [4.69, 9.17) is 0 Å². The lowest BCUT2D eigenvalue weighted by atomic mass is 10.3. The SMILES string of the molecule is Oc1ccccc1-n1cc2ccncc2n1. The first-order chi connectivity index (χ1) is 7.84. The van der Waals surface area contributed by atoms with Crippen LogP contribution in [0.3, 0.4) is 0 Å². The van der Waals surface area contributed by atoms with Crippen LogP contribution in [0.4, 0.5) is 0 Å². The molecule has 0 saturated heterocycles. The maximum atomic E-state index is 9.71. The van der Waals surface area contributed by atoms with E-state index in [-0.39, 0.29) is 5.75 Å². The number of pyridine rings is 1. The smallest absolute Gasteiger partial charge is 0.141 e. The third-order valence-corrected chi connectivity index (χ3v) is 2.44. The van der Waals surface area contributed by atoms with Crippen LogP contribution in [0.25, 0.3) is 16.6 Å². The number of aromatic nitrogens is 3. The summed E-state index contributed by atoms with van der Waals surface area (Å²) in [7, 11) is 0. The van der Waals surface area contributed by atoms with Gasteiger partial charge in [0, 0.05) is 17.8 Å². The molecule has 16 heavy (non-hydrogen) atoms. The van der Waals surface area contributed by atoms with Crippen molar-refractivity contribution in [2.24, 2.45) is 0 Å². The Morgan fingerprint density at radius 3 is 2.81 bits per heavy atom. The predicted molar refractivity (Wildman–Crippen MR) is 60.5 cm³/mol. The van der Waals surface area contributed by atoms with Gasteiger partial charge in [0.05, 0.1) is 6.20 Å². The van der Waals surface area contributed by atoms with Crippen LogP contribution < -0.4 is 0 Å². The Morgan fingerprint density at radius 2 is 2.00 bits per heavy atom. The predicted octanol–water partition coefficient (Wildman–Crippen LogP) is 2.13. The van der Waals surface area contributed by atoms with Crippen molar-refractivity contribution in [2.75, 3.05) is 0 Å².